The van der Waals surface area contributed by atoms with Gasteiger partial charge in [-0.25, -0.2) is 14.3 Å². The van der Waals surface area contributed by atoms with Crippen LogP contribution in [0.15, 0.2) is 54.6 Å². The number of para-hydroxylation sites is 1. The van der Waals surface area contributed by atoms with Gasteiger partial charge in [-0.2, -0.15) is 5.10 Å². The zero-order valence-corrected chi connectivity index (χ0v) is 18.2. The summed E-state index contributed by atoms with van der Waals surface area (Å²) in [6.45, 7) is 6.80. The average Bonchev–Trinajstić information content (AvgIpc) is 3.13. The quantitative estimate of drug-likeness (QED) is 0.476. The number of rotatable bonds is 5. The van der Waals surface area contributed by atoms with E-state index in [0.29, 0.717) is 11.4 Å². The molecule has 0 fully saturated rings. The maximum atomic E-state index is 12.6. The largest absolute Gasteiger partial charge is 0.465 e. The van der Waals surface area contributed by atoms with Crippen LogP contribution in [0.4, 0.5) is 0 Å². The van der Waals surface area contributed by atoms with Gasteiger partial charge in [-0.1, -0.05) is 67.3 Å². The van der Waals surface area contributed by atoms with E-state index in [1.807, 2.05) is 30.3 Å². The molecular formula is C22H24N2O4Si. The number of nitrogens with zero attached hydrogens (tertiary/aromatic N) is 2. The van der Waals surface area contributed by atoms with Crippen LogP contribution in [-0.2, 0) is 9.47 Å². The van der Waals surface area contributed by atoms with E-state index < -0.39 is 20.0 Å². The van der Waals surface area contributed by atoms with Gasteiger partial charge in [0, 0.05) is 5.56 Å². The molecule has 0 aliphatic heterocycles. The highest BCUT2D eigenvalue weighted by Crippen LogP contribution is 2.29. The standard InChI is InChI=1S/C22H24N2O4Si/c1-27-21(25)18-19(15-11-13-17(14-12-15)29(3,4)5)23-24(20(18)22(26)28-2)16-9-7-6-8-10-16/h6-14H,1-5H3. The van der Waals surface area contributed by atoms with Crippen LogP contribution in [0.3, 0.4) is 0 Å². The summed E-state index contributed by atoms with van der Waals surface area (Å²) in [4.78, 5) is 25.2. The molecule has 0 amide bonds. The van der Waals surface area contributed by atoms with Crippen LogP contribution in [-0.4, -0.2) is 44.0 Å². The summed E-state index contributed by atoms with van der Waals surface area (Å²) in [5.74, 6) is -1.30. The Labute approximate surface area is 171 Å². The van der Waals surface area contributed by atoms with E-state index in [1.54, 1.807) is 12.1 Å². The van der Waals surface area contributed by atoms with Gasteiger partial charge in [0.1, 0.15) is 11.3 Å². The second-order valence-electron chi connectivity index (χ2n) is 7.63. The van der Waals surface area contributed by atoms with Crippen LogP contribution in [0.2, 0.25) is 19.6 Å². The third-order valence-corrected chi connectivity index (χ3v) is 6.74. The Balaban J connectivity index is 2.27. The van der Waals surface area contributed by atoms with Crippen molar-refractivity contribution >= 4 is 25.2 Å². The molecule has 0 saturated carbocycles. The molecule has 0 unspecified atom stereocenters. The summed E-state index contributed by atoms with van der Waals surface area (Å²) in [6, 6.07) is 17.1. The van der Waals surface area contributed by atoms with E-state index in [-0.39, 0.29) is 11.3 Å². The van der Waals surface area contributed by atoms with Crippen LogP contribution in [0.25, 0.3) is 16.9 Å². The number of carbonyl (C=O) groups is 2. The topological polar surface area (TPSA) is 70.4 Å². The number of esters is 2. The number of methoxy groups -OCH3 is 2. The van der Waals surface area contributed by atoms with Crippen LogP contribution < -0.4 is 5.19 Å². The maximum Gasteiger partial charge on any atom is 0.357 e. The molecule has 6 nitrogen and oxygen atoms in total. The van der Waals surface area contributed by atoms with E-state index in [1.165, 1.54) is 24.1 Å². The van der Waals surface area contributed by atoms with Crippen molar-refractivity contribution in [3.63, 3.8) is 0 Å². The van der Waals surface area contributed by atoms with Crippen molar-refractivity contribution in [3.05, 3.63) is 65.9 Å². The molecule has 29 heavy (non-hydrogen) atoms. The molecule has 2 aromatic carbocycles. The molecule has 1 heterocycles. The molecule has 3 rings (SSSR count). The third-order valence-electron chi connectivity index (χ3n) is 4.68. The van der Waals surface area contributed by atoms with Gasteiger partial charge < -0.3 is 9.47 Å². The van der Waals surface area contributed by atoms with Crippen molar-refractivity contribution in [3.8, 4) is 16.9 Å². The Hall–Kier alpha value is -3.19. The lowest BCUT2D eigenvalue weighted by Crippen LogP contribution is -2.37. The SMILES string of the molecule is COC(=O)c1c(-c2ccc([Si](C)(C)C)cc2)nn(-c2ccccc2)c1C(=O)OC. The first kappa shape index (κ1) is 20.5. The Bertz CT molecular complexity index is 1040. The molecule has 0 atom stereocenters. The van der Waals surface area contributed by atoms with Crippen molar-refractivity contribution in [2.75, 3.05) is 14.2 Å². The van der Waals surface area contributed by atoms with Gasteiger partial charge in [0.25, 0.3) is 0 Å². The van der Waals surface area contributed by atoms with Gasteiger partial charge in [-0.05, 0) is 12.1 Å². The minimum atomic E-state index is -1.47. The number of aromatic nitrogens is 2. The second-order valence-corrected chi connectivity index (χ2v) is 12.7. The number of hydrogen-bond acceptors (Lipinski definition) is 5. The Morgan fingerprint density at radius 1 is 0.862 bits per heavy atom. The van der Waals surface area contributed by atoms with Gasteiger partial charge in [-0.15, -0.1) is 0 Å². The zero-order chi connectivity index (χ0) is 21.2. The van der Waals surface area contributed by atoms with E-state index in [9.17, 15) is 9.59 Å². The maximum absolute atomic E-state index is 12.6. The van der Waals surface area contributed by atoms with Crippen molar-refractivity contribution in [2.24, 2.45) is 0 Å². The highest BCUT2D eigenvalue weighted by molar-refractivity contribution is 6.88. The third kappa shape index (κ3) is 4.00. The molecule has 1 aromatic heterocycles. The Kier molecular flexibility index (Phi) is 5.70. The fraction of sp³-hybridized carbons (Fsp3) is 0.227. The summed E-state index contributed by atoms with van der Waals surface area (Å²) in [5, 5.41) is 5.90. The van der Waals surface area contributed by atoms with Gasteiger partial charge in [-0.3, -0.25) is 0 Å². The molecule has 3 aromatic rings. The molecule has 7 heteroatoms. The Morgan fingerprint density at radius 3 is 1.97 bits per heavy atom. The minimum absolute atomic E-state index is 0.0369. The summed E-state index contributed by atoms with van der Waals surface area (Å²) in [6.07, 6.45) is 0. The molecule has 0 aliphatic rings. The molecule has 0 radical (unpaired) electrons. The van der Waals surface area contributed by atoms with E-state index in [0.717, 1.165) is 5.56 Å². The highest BCUT2D eigenvalue weighted by atomic mass is 28.3. The average molecular weight is 409 g/mol. The molecule has 0 saturated heterocycles. The van der Waals surface area contributed by atoms with Crippen molar-refractivity contribution < 1.29 is 19.1 Å². The summed E-state index contributed by atoms with van der Waals surface area (Å²) < 4.78 is 11.3. The van der Waals surface area contributed by atoms with Crippen molar-refractivity contribution in [2.45, 2.75) is 19.6 Å². The number of hydrogen-bond donors (Lipinski definition) is 0. The molecule has 150 valence electrons. The smallest absolute Gasteiger partial charge is 0.357 e. The summed E-state index contributed by atoms with van der Waals surface area (Å²) in [7, 11) is 1.08. The fourth-order valence-electron chi connectivity index (χ4n) is 3.08. The highest BCUT2D eigenvalue weighted by Gasteiger charge is 2.31. The first-order valence-corrected chi connectivity index (χ1v) is 12.7. The normalized spacial score (nSPS) is 11.2. The van der Waals surface area contributed by atoms with Gasteiger partial charge in [0.05, 0.1) is 28.0 Å². The molecule has 0 N–H and O–H groups in total. The number of benzene rings is 2. The molecule has 0 aliphatic carbocycles. The van der Waals surface area contributed by atoms with E-state index in [2.05, 4.69) is 36.9 Å². The molecule has 0 spiro atoms. The van der Waals surface area contributed by atoms with Crippen molar-refractivity contribution in [1.29, 1.82) is 0 Å². The first-order chi connectivity index (χ1) is 13.8. The van der Waals surface area contributed by atoms with Crippen LogP contribution in [0.1, 0.15) is 20.8 Å². The molecule has 0 bridgehead atoms. The van der Waals surface area contributed by atoms with Crippen LogP contribution >= 0.6 is 0 Å². The van der Waals surface area contributed by atoms with Gasteiger partial charge in [0.15, 0.2) is 5.69 Å². The van der Waals surface area contributed by atoms with Crippen LogP contribution in [0, 0.1) is 0 Å². The lowest BCUT2D eigenvalue weighted by molar-refractivity contribution is 0.0549. The molecular weight excluding hydrogens is 384 g/mol. The lowest BCUT2D eigenvalue weighted by Gasteiger charge is -2.16. The zero-order valence-electron chi connectivity index (χ0n) is 17.2. The monoisotopic (exact) mass is 408 g/mol. The van der Waals surface area contributed by atoms with Gasteiger partial charge in [0.2, 0.25) is 0 Å². The summed E-state index contributed by atoms with van der Waals surface area (Å²) in [5.41, 5.74) is 1.87. The second kappa shape index (κ2) is 8.04. The van der Waals surface area contributed by atoms with Crippen LogP contribution in [0.5, 0.6) is 0 Å². The van der Waals surface area contributed by atoms with Crippen molar-refractivity contribution in [1.82, 2.24) is 9.78 Å². The lowest BCUT2D eigenvalue weighted by atomic mass is 10.1. The predicted octanol–water partition coefficient (Wildman–Crippen LogP) is 3.66. The van der Waals surface area contributed by atoms with Gasteiger partial charge >= 0.3 is 11.9 Å². The summed E-state index contributed by atoms with van der Waals surface area (Å²) >= 11 is 0. The predicted molar refractivity (Wildman–Crippen MR) is 115 cm³/mol. The first-order valence-electron chi connectivity index (χ1n) is 9.24. The van der Waals surface area contributed by atoms with E-state index in [4.69, 9.17) is 9.47 Å². The number of ether oxygens (including phenoxy) is 2. The number of carbonyl (C=O) groups excluding carboxylic acids is 2. The minimum Gasteiger partial charge on any atom is -0.465 e. The Morgan fingerprint density at radius 2 is 1.45 bits per heavy atom. The van der Waals surface area contributed by atoms with E-state index >= 15 is 0 Å². The fourth-order valence-corrected chi connectivity index (χ4v) is 4.25.